The molecule has 1 aliphatic heterocycles. The van der Waals surface area contributed by atoms with Gasteiger partial charge in [0.2, 0.25) is 6.20 Å². The minimum Gasteiger partial charge on any atom is -0.379 e. The third-order valence-electron chi connectivity index (χ3n) is 4.55. The SMILES string of the molecule is C/C=C\CCC(C)C(C)(C)C.C/C=C\CN1CCOCC1.CC.CC(C)=C[N+](=O)[O-]. The minimum atomic E-state index is -0.463. The zero-order valence-corrected chi connectivity index (χ0v) is 21.5. The number of morpholine rings is 1. The first-order valence-corrected chi connectivity index (χ1v) is 11.4. The maximum absolute atomic E-state index is 9.54. The lowest BCUT2D eigenvalue weighted by molar-refractivity contribution is -0.403. The van der Waals surface area contributed by atoms with Crippen LogP contribution in [0.4, 0.5) is 0 Å². The summed E-state index contributed by atoms with van der Waals surface area (Å²) < 4.78 is 5.21. The summed E-state index contributed by atoms with van der Waals surface area (Å²) in [5.41, 5.74) is 1.19. The molecule has 5 nitrogen and oxygen atoms in total. The zero-order chi connectivity index (χ0) is 24.0. The Kier molecular flexibility index (Phi) is 24.6. The third kappa shape index (κ3) is 26.5. The van der Waals surface area contributed by atoms with Gasteiger partial charge in [0.25, 0.3) is 0 Å². The normalized spacial score (nSPS) is 15.1. The molecule has 0 aromatic carbocycles. The van der Waals surface area contributed by atoms with Crippen LogP contribution in [0.5, 0.6) is 0 Å². The summed E-state index contributed by atoms with van der Waals surface area (Å²) >= 11 is 0. The summed E-state index contributed by atoms with van der Waals surface area (Å²) in [5, 5.41) is 9.54. The highest BCUT2D eigenvalue weighted by molar-refractivity contribution is 4.85. The standard InChI is InChI=1S/C11H22.C8H15NO.C4H7NO2.C2H6/c1-6-7-8-9-10(2)11(3,4)5;1-2-3-4-9-5-7-10-8-6-9;1-4(2)3-5(6)7;1-2/h6-7,10H,8-9H2,1-5H3;2-3H,4-8H2,1H3;3H,1-2H3;1-2H3/b7-6-;3-2-;;. The molecule has 178 valence electrons. The molecule has 1 atom stereocenters. The summed E-state index contributed by atoms with van der Waals surface area (Å²) in [6.45, 7) is 25.8. The summed E-state index contributed by atoms with van der Waals surface area (Å²) in [5.74, 6) is 0.818. The molecule has 0 amide bonds. The first-order valence-electron chi connectivity index (χ1n) is 11.4. The fraction of sp³-hybridized carbons (Fsp3) is 0.760. The first-order chi connectivity index (χ1) is 14.0. The van der Waals surface area contributed by atoms with Gasteiger partial charge in [-0.25, -0.2) is 0 Å². The number of ether oxygens (including phenoxy) is 1. The maximum Gasteiger partial charge on any atom is 0.233 e. The summed E-state index contributed by atoms with van der Waals surface area (Å²) in [6, 6.07) is 0. The van der Waals surface area contributed by atoms with E-state index in [2.05, 4.69) is 70.7 Å². The summed E-state index contributed by atoms with van der Waals surface area (Å²) in [7, 11) is 0. The van der Waals surface area contributed by atoms with Crippen molar-refractivity contribution >= 4 is 0 Å². The van der Waals surface area contributed by atoms with Gasteiger partial charge >= 0.3 is 0 Å². The Hall–Kier alpha value is -1.46. The minimum absolute atomic E-state index is 0.463. The van der Waals surface area contributed by atoms with Crippen LogP contribution < -0.4 is 0 Å². The van der Waals surface area contributed by atoms with Gasteiger partial charge in [0.05, 0.1) is 18.1 Å². The van der Waals surface area contributed by atoms with Crippen LogP contribution in [-0.4, -0.2) is 42.7 Å². The monoisotopic (exact) mass is 426 g/mol. The van der Waals surface area contributed by atoms with Crippen LogP contribution in [-0.2, 0) is 4.74 Å². The molecular weight excluding hydrogens is 376 g/mol. The molecule has 1 saturated heterocycles. The van der Waals surface area contributed by atoms with E-state index in [1.54, 1.807) is 13.8 Å². The van der Waals surface area contributed by atoms with Gasteiger partial charge in [-0.2, -0.15) is 0 Å². The molecule has 0 spiro atoms. The third-order valence-corrected chi connectivity index (χ3v) is 4.55. The topological polar surface area (TPSA) is 55.6 Å². The van der Waals surface area contributed by atoms with Crippen molar-refractivity contribution in [2.24, 2.45) is 11.3 Å². The molecule has 0 bridgehead atoms. The lowest BCUT2D eigenvalue weighted by atomic mass is 9.79. The fourth-order valence-electron chi connectivity index (χ4n) is 2.19. The van der Waals surface area contributed by atoms with Crippen molar-refractivity contribution in [3.05, 3.63) is 46.2 Å². The molecule has 0 saturated carbocycles. The van der Waals surface area contributed by atoms with E-state index in [-0.39, 0.29) is 0 Å². The van der Waals surface area contributed by atoms with Gasteiger partial charge in [-0.3, -0.25) is 15.0 Å². The van der Waals surface area contributed by atoms with E-state index in [4.69, 9.17) is 4.74 Å². The quantitative estimate of drug-likeness (QED) is 0.257. The predicted octanol–water partition coefficient (Wildman–Crippen LogP) is 7.13. The van der Waals surface area contributed by atoms with Crippen molar-refractivity contribution in [1.29, 1.82) is 0 Å². The Morgan fingerprint density at radius 1 is 1.10 bits per heavy atom. The van der Waals surface area contributed by atoms with Crippen LogP contribution in [0.25, 0.3) is 0 Å². The van der Waals surface area contributed by atoms with Gasteiger partial charge in [-0.1, -0.05) is 65.8 Å². The van der Waals surface area contributed by atoms with Crippen molar-refractivity contribution in [2.45, 2.75) is 82.1 Å². The van der Waals surface area contributed by atoms with Gasteiger partial charge < -0.3 is 4.74 Å². The van der Waals surface area contributed by atoms with Crippen LogP contribution >= 0.6 is 0 Å². The molecule has 1 rings (SSSR count). The number of hydrogen-bond acceptors (Lipinski definition) is 4. The predicted molar refractivity (Wildman–Crippen MR) is 133 cm³/mol. The van der Waals surface area contributed by atoms with Crippen LogP contribution in [0.2, 0.25) is 0 Å². The number of nitro groups is 1. The second kappa shape index (κ2) is 22.2. The number of nitrogens with zero attached hydrogens (tertiary/aromatic N) is 2. The smallest absolute Gasteiger partial charge is 0.233 e. The van der Waals surface area contributed by atoms with Crippen molar-refractivity contribution in [1.82, 2.24) is 4.90 Å². The molecule has 5 heteroatoms. The lowest BCUT2D eigenvalue weighted by Crippen LogP contribution is -2.36. The highest BCUT2D eigenvalue weighted by Gasteiger charge is 2.18. The Morgan fingerprint density at radius 3 is 1.93 bits per heavy atom. The van der Waals surface area contributed by atoms with Crippen molar-refractivity contribution in [3.63, 3.8) is 0 Å². The average Bonchev–Trinajstić information content (AvgIpc) is 2.68. The Bertz CT molecular complexity index is 467. The van der Waals surface area contributed by atoms with Gasteiger partial charge in [-0.05, 0) is 57.4 Å². The summed E-state index contributed by atoms with van der Waals surface area (Å²) in [6.07, 6.45) is 12.2. The van der Waals surface area contributed by atoms with Crippen molar-refractivity contribution in [2.75, 3.05) is 32.8 Å². The van der Waals surface area contributed by atoms with Crippen molar-refractivity contribution in [3.8, 4) is 0 Å². The van der Waals surface area contributed by atoms with E-state index in [0.29, 0.717) is 11.0 Å². The van der Waals surface area contributed by atoms with Crippen LogP contribution in [0.3, 0.4) is 0 Å². The maximum atomic E-state index is 9.54. The lowest BCUT2D eigenvalue weighted by Gasteiger charge is -2.26. The van der Waals surface area contributed by atoms with Crippen LogP contribution in [0, 0.1) is 21.4 Å². The number of allylic oxidation sites excluding steroid dienone is 4. The van der Waals surface area contributed by atoms with E-state index in [9.17, 15) is 10.1 Å². The molecule has 1 fully saturated rings. The van der Waals surface area contributed by atoms with Crippen molar-refractivity contribution < 1.29 is 9.66 Å². The molecule has 1 unspecified atom stereocenters. The second-order valence-corrected chi connectivity index (χ2v) is 8.39. The molecule has 1 aliphatic rings. The van der Waals surface area contributed by atoms with E-state index in [1.165, 1.54) is 12.8 Å². The van der Waals surface area contributed by atoms with E-state index in [1.807, 2.05) is 13.8 Å². The van der Waals surface area contributed by atoms with Crippen LogP contribution in [0.1, 0.15) is 82.1 Å². The second-order valence-electron chi connectivity index (χ2n) is 8.39. The Morgan fingerprint density at radius 2 is 1.60 bits per heavy atom. The van der Waals surface area contributed by atoms with Gasteiger partial charge in [0.15, 0.2) is 0 Å². The molecular formula is C25H50N2O3. The van der Waals surface area contributed by atoms with Gasteiger partial charge in [0.1, 0.15) is 0 Å². The Labute approximate surface area is 187 Å². The molecule has 0 radical (unpaired) electrons. The highest BCUT2D eigenvalue weighted by atomic mass is 16.6. The largest absolute Gasteiger partial charge is 0.379 e. The highest BCUT2D eigenvalue weighted by Crippen LogP contribution is 2.28. The van der Waals surface area contributed by atoms with E-state index >= 15 is 0 Å². The van der Waals surface area contributed by atoms with E-state index in [0.717, 1.165) is 45.0 Å². The van der Waals surface area contributed by atoms with E-state index < -0.39 is 4.92 Å². The molecule has 30 heavy (non-hydrogen) atoms. The fourth-order valence-corrected chi connectivity index (χ4v) is 2.19. The molecule has 0 aromatic rings. The van der Waals surface area contributed by atoms with Gasteiger partial charge in [0, 0.05) is 19.6 Å². The van der Waals surface area contributed by atoms with Crippen LogP contribution in [0.15, 0.2) is 36.1 Å². The average molecular weight is 427 g/mol. The summed E-state index contributed by atoms with van der Waals surface area (Å²) in [4.78, 5) is 11.5. The molecule has 1 heterocycles. The zero-order valence-electron chi connectivity index (χ0n) is 21.5. The Balaban J connectivity index is -0.000000357. The van der Waals surface area contributed by atoms with Gasteiger partial charge in [-0.15, -0.1) is 0 Å². The first kappa shape index (κ1) is 33.2. The molecule has 0 aliphatic carbocycles. The molecule has 0 aromatic heterocycles. The molecule has 0 N–H and O–H groups in total. The number of rotatable bonds is 6. The number of hydrogen-bond donors (Lipinski definition) is 0.